The van der Waals surface area contributed by atoms with E-state index in [1.807, 2.05) is 10.6 Å². The van der Waals surface area contributed by atoms with E-state index in [1.54, 1.807) is 6.33 Å². The summed E-state index contributed by atoms with van der Waals surface area (Å²) in [5.74, 6) is 1.79. The first-order valence-corrected chi connectivity index (χ1v) is 6.80. The van der Waals surface area contributed by atoms with Crippen molar-refractivity contribution >= 4 is 31.9 Å². The molecule has 0 amide bonds. The highest BCUT2D eigenvalue weighted by molar-refractivity contribution is 9.13. The summed E-state index contributed by atoms with van der Waals surface area (Å²) in [5, 5.41) is 11.2. The Labute approximate surface area is 116 Å². The largest absolute Gasteiger partial charge is 0.452 e. The Hall–Kier alpha value is -0.660. The molecule has 2 rings (SSSR count). The molecule has 0 aliphatic heterocycles. The molecule has 0 radical (unpaired) electrons. The van der Waals surface area contributed by atoms with Gasteiger partial charge in [-0.2, -0.15) is 0 Å². The van der Waals surface area contributed by atoms with Crippen molar-refractivity contribution in [3.63, 3.8) is 0 Å². The zero-order valence-electron chi connectivity index (χ0n) is 9.28. The summed E-state index contributed by atoms with van der Waals surface area (Å²) in [7, 11) is 0. The molecule has 0 bridgehead atoms. The molecule has 0 fully saturated rings. The lowest BCUT2D eigenvalue weighted by molar-refractivity contribution is 0.460. The van der Waals surface area contributed by atoms with Crippen LogP contribution < -0.4 is 5.32 Å². The molecule has 0 spiro atoms. The van der Waals surface area contributed by atoms with Crippen molar-refractivity contribution in [3.05, 3.63) is 33.1 Å². The molecule has 2 heterocycles. The lowest BCUT2D eigenvalue weighted by Gasteiger charge is -2.03. The zero-order valence-corrected chi connectivity index (χ0v) is 12.5. The Balaban J connectivity index is 1.87. The highest BCUT2D eigenvalue weighted by Gasteiger charge is 2.06. The summed E-state index contributed by atoms with van der Waals surface area (Å²) in [6.45, 7) is 4.26. The fourth-order valence-corrected chi connectivity index (χ4v) is 2.11. The molecular formula is C10H12Br2N4O. The minimum absolute atomic E-state index is 0.654. The summed E-state index contributed by atoms with van der Waals surface area (Å²) in [4.78, 5) is 0. The summed E-state index contributed by atoms with van der Waals surface area (Å²) < 4.78 is 9.09. The second-order valence-corrected chi connectivity index (χ2v) is 5.05. The maximum atomic E-state index is 5.45. The number of hydrogen-bond donors (Lipinski definition) is 1. The van der Waals surface area contributed by atoms with Gasteiger partial charge in [0.1, 0.15) is 17.9 Å². The molecule has 2 aromatic rings. The lowest BCUT2D eigenvalue weighted by Crippen LogP contribution is -2.16. The summed E-state index contributed by atoms with van der Waals surface area (Å²) in [6.07, 6.45) is 1.73. The first kappa shape index (κ1) is 12.8. The molecule has 7 heteroatoms. The van der Waals surface area contributed by atoms with Crippen molar-refractivity contribution < 1.29 is 4.42 Å². The Morgan fingerprint density at radius 2 is 2.24 bits per heavy atom. The molecule has 0 unspecified atom stereocenters. The molecule has 0 atom stereocenters. The topological polar surface area (TPSA) is 55.9 Å². The quantitative estimate of drug-likeness (QED) is 0.887. The van der Waals surface area contributed by atoms with Gasteiger partial charge in [-0.25, -0.2) is 0 Å². The van der Waals surface area contributed by atoms with Crippen molar-refractivity contribution in [2.75, 3.05) is 0 Å². The summed E-state index contributed by atoms with van der Waals surface area (Å²) >= 11 is 6.68. The van der Waals surface area contributed by atoms with Crippen LogP contribution in [0.25, 0.3) is 0 Å². The molecule has 0 aliphatic rings. The smallest absolute Gasteiger partial charge is 0.183 e. The van der Waals surface area contributed by atoms with E-state index in [0.29, 0.717) is 17.8 Å². The van der Waals surface area contributed by atoms with Gasteiger partial charge in [-0.15, -0.1) is 10.2 Å². The van der Waals surface area contributed by atoms with Gasteiger partial charge in [-0.1, -0.05) is 0 Å². The Kier molecular flexibility index (Phi) is 4.36. The monoisotopic (exact) mass is 362 g/mol. The van der Waals surface area contributed by atoms with Gasteiger partial charge in [-0.05, 0) is 44.8 Å². The van der Waals surface area contributed by atoms with Crippen molar-refractivity contribution in [2.24, 2.45) is 0 Å². The standard InChI is InChI=1S/C10H12Br2N4O/c1-2-16-6-14-15-9(16)5-13-4-7-3-8(11)10(12)17-7/h3,6,13H,2,4-5H2,1H3. The highest BCUT2D eigenvalue weighted by atomic mass is 79.9. The van der Waals surface area contributed by atoms with E-state index >= 15 is 0 Å². The predicted octanol–water partition coefficient (Wildman–Crippen LogP) is 2.71. The van der Waals surface area contributed by atoms with E-state index in [9.17, 15) is 0 Å². The third-order valence-corrected chi connectivity index (χ3v) is 4.03. The number of rotatable bonds is 5. The van der Waals surface area contributed by atoms with Crippen LogP contribution in [0, 0.1) is 0 Å². The van der Waals surface area contributed by atoms with E-state index in [1.165, 1.54) is 0 Å². The molecule has 17 heavy (non-hydrogen) atoms. The maximum absolute atomic E-state index is 5.45. The fourth-order valence-electron chi connectivity index (χ4n) is 1.46. The van der Waals surface area contributed by atoms with Crippen LogP contribution in [0.15, 0.2) is 26.0 Å². The van der Waals surface area contributed by atoms with Crippen LogP contribution in [-0.2, 0) is 19.6 Å². The maximum Gasteiger partial charge on any atom is 0.183 e. The molecule has 92 valence electrons. The van der Waals surface area contributed by atoms with Gasteiger partial charge in [0, 0.05) is 6.54 Å². The minimum Gasteiger partial charge on any atom is -0.452 e. The number of aromatic nitrogens is 3. The molecular weight excluding hydrogens is 352 g/mol. The molecule has 1 N–H and O–H groups in total. The molecule has 5 nitrogen and oxygen atoms in total. The van der Waals surface area contributed by atoms with Gasteiger partial charge in [-0.3, -0.25) is 0 Å². The first-order chi connectivity index (χ1) is 8.20. The van der Waals surface area contributed by atoms with Crippen LogP contribution in [-0.4, -0.2) is 14.8 Å². The van der Waals surface area contributed by atoms with Crippen LogP contribution in [0.3, 0.4) is 0 Å². The van der Waals surface area contributed by atoms with Crippen LogP contribution in [0.5, 0.6) is 0 Å². The molecule has 2 aromatic heterocycles. The lowest BCUT2D eigenvalue weighted by atomic mass is 10.4. The van der Waals surface area contributed by atoms with Gasteiger partial charge in [0.15, 0.2) is 4.67 Å². The highest BCUT2D eigenvalue weighted by Crippen LogP contribution is 2.26. The van der Waals surface area contributed by atoms with Crippen molar-refractivity contribution in [1.29, 1.82) is 0 Å². The van der Waals surface area contributed by atoms with E-state index in [-0.39, 0.29) is 0 Å². The Morgan fingerprint density at radius 3 is 2.88 bits per heavy atom. The van der Waals surface area contributed by atoms with Crippen LogP contribution >= 0.6 is 31.9 Å². The first-order valence-electron chi connectivity index (χ1n) is 5.21. The number of nitrogens with one attached hydrogen (secondary N) is 1. The molecule has 0 aliphatic carbocycles. The number of hydrogen-bond acceptors (Lipinski definition) is 4. The van der Waals surface area contributed by atoms with E-state index in [4.69, 9.17) is 4.42 Å². The number of aryl methyl sites for hydroxylation is 1. The van der Waals surface area contributed by atoms with E-state index in [2.05, 4.69) is 54.3 Å². The SMILES string of the molecule is CCn1cnnc1CNCc1cc(Br)c(Br)o1. The van der Waals surface area contributed by atoms with Gasteiger partial charge < -0.3 is 14.3 Å². The van der Waals surface area contributed by atoms with Gasteiger partial charge >= 0.3 is 0 Å². The average Bonchev–Trinajstić information content (AvgIpc) is 2.87. The predicted molar refractivity (Wildman–Crippen MR) is 70.3 cm³/mol. The normalized spacial score (nSPS) is 11.0. The second kappa shape index (κ2) is 5.79. The number of halogens is 2. The van der Waals surface area contributed by atoms with Crippen LogP contribution in [0.2, 0.25) is 0 Å². The molecule has 0 saturated heterocycles. The van der Waals surface area contributed by atoms with Gasteiger partial charge in [0.2, 0.25) is 0 Å². The Bertz CT molecular complexity index is 475. The Morgan fingerprint density at radius 1 is 1.41 bits per heavy atom. The van der Waals surface area contributed by atoms with E-state index < -0.39 is 0 Å². The van der Waals surface area contributed by atoms with E-state index in [0.717, 1.165) is 22.6 Å². The van der Waals surface area contributed by atoms with Gasteiger partial charge in [0.05, 0.1) is 17.6 Å². The number of nitrogens with zero attached hydrogens (tertiary/aromatic N) is 3. The van der Waals surface area contributed by atoms with Crippen molar-refractivity contribution in [2.45, 2.75) is 26.6 Å². The third kappa shape index (κ3) is 3.17. The van der Waals surface area contributed by atoms with Crippen molar-refractivity contribution in [3.8, 4) is 0 Å². The molecule has 0 aromatic carbocycles. The number of furan rings is 1. The minimum atomic E-state index is 0.654. The zero-order chi connectivity index (χ0) is 12.3. The van der Waals surface area contributed by atoms with Crippen LogP contribution in [0.4, 0.5) is 0 Å². The van der Waals surface area contributed by atoms with Crippen molar-refractivity contribution in [1.82, 2.24) is 20.1 Å². The fraction of sp³-hybridized carbons (Fsp3) is 0.400. The van der Waals surface area contributed by atoms with Gasteiger partial charge in [0.25, 0.3) is 0 Å². The van der Waals surface area contributed by atoms with Crippen LogP contribution in [0.1, 0.15) is 18.5 Å². The average molecular weight is 364 g/mol. The second-order valence-electron chi connectivity index (χ2n) is 3.47. The summed E-state index contributed by atoms with van der Waals surface area (Å²) in [5.41, 5.74) is 0. The third-order valence-electron chi connectivity index (χ3n) is 2.31. The molecule has 0 saturated carbocycles. The summed E-state index contributed by atoms with van der Waals surface area (Å²) in [6, 6.07) is 1.93.